The fourth-order valence-corrected chi connectivity index (χ4v) is 1.95. The molecule has 0 radical (unpaired) electrons. The van der Waals surface area contributed by atoms with Crippen LogP contribution in [0.4, 0.5) is 4.79 Å². The molecule has 0 bridgehead atoms. The molecule has 17 heavy (non-hydrogen) atoms. The van der Waals surface area contributed by atoms with Gasteiger partial charge in [-0.3, -0.25) is 10.3 Å². The normalized spacial score (nSPS) is 10.0. The largest absolute Gasteiger partial charge is 0.351 e. The van der Waals surface area contributed by atoms with E-state index < -0.39 is 6.03 Å². The predicted molar refractivity (Wildman–Crippen MR) is 72.4 cm³/mol. The number of primary amides is 1. The van der Waals surface area contributed by atoms with E-state index in [4.69, 9.17) is 22.7 Å². The van der Waals surface area contributed by atoms with E-state index in [9.17, 15) is 4.79 Å². The van der Waals surface area contributed by atoms with Crippen molar-refractivity contribution in [3.63, 3.8) is 0 Å². The highest BCUT2D eigenvalue weighted by molar-refractivity contribution is 8.13. The number of carbonyl (C=O) groups excluding carboxylic acids is 1. The average Bonchev–Trinajstić information content (AvgIpc) is 2.28. The molecule has 0 aliphatic carbocycles. The lowest BCUT2D eigenvalue weighted by Gasteiger charge is -2.20. The number of rotatable bonds is 3. The van der Waals surface area contributed by atoms with Gasteiger partial charge >= 0.3 is 6.03 Å². The minimum atomic E-state index is -0.620. The molecule has 0 unspecified atom stereocenters. The number of benzene rings is 1. The quantitative estimate of drug-likeness (QED) is 0.655. The fraction of sp³-hybridized carbons (Fsp3) is 0.273. The smallest absolute Gasteiger partial charge is 0.321 e. The number of nitrogens with zero attached hydrogens (tertiary/aromatic N) is 1. The molecule has 0 saturated carbocycles. The molecule has 0 aromatic heterocycles. The summed E-state index contributed by atoms with van der Waals surface area (Å²) in [6.07, 6.45) is 0. The lowest BCUT2D eigenvalue weighted by molar-refractivity contribution is 0.229. The molecule has 1 aromatic rings. The molecule has 0 fully saturated rings. The first-order chi connectivity index (χ1) is 8.04. The van der Waals surface area contributed by atoms with Gasteiger partial charge in [-0.25, -0.2) is 4.79 Å². The van der Waals surface area contributed by atoms with Crippen molar-refractivity contribution in [2.24, 2.45) is 5.73 Å². The van der Waals surface area contributed by atoms with Gasteiger partial charge in [0.2, 0.25) is 0 Å². The van der Waals surface area contributed by atoms with Crippen molar-refractivity contribution < 1.29 is 4.79 Å². The van der Waals surface area contributed by atoms with E-state index in [0.717, 1.165) is 11.3 Å². The summed E-state index contributed by atoms with van der Waals surface area (Å²) in [4.78, 5) is 12.5. The fourth-order valence-electron chi connectivity index (χ4n) is 1.24. The molecule has 0 spiro atoms. The Labute approximate surface area is 110 Å². The van der Waals surface area contributed by atoms with Crippen molar-refractivity contribution in [1.29, 1.82) is 5.41 Å². The van der Waals surface area contributed by atoms with E-state index in [1.807, 2.05) is 19.1 Å². The minimum Gasteiger partial charge on any atom is -0.351 e. The Morgan fingerprint density at radius 1 is 1.47 bits per heavy atom. The van der Waals surface area contributed by atoms with Crippen molar-refractivity contribution in [3.8, 4) is 0 Å². The number of halogens is 1. The van der Waals surface area contributed by atoms with Crippen LogP contribution in [0, 0.1) is 5.41 Å². The van der Waals surface area contributed by atoms with Crippen LogP contribution in [0.3, 0.4) is 0 Å². The van der Waals surface area contributed by atoms with Crippen molar-refractivity contribution in [2.45, 2.75) is 13.5 Å². The van der Waals surface area contributed by atoms with Gasteiger partial charge in [-0.2, -0.15) is 0 Å². The Morgan fingerprint density at radius 2 is 2.06 bits per heavy atom. The number of amidine groups is 1. The van der Waals surface area contributed by atoms with Crippen LogP contribution < -0.4 is 5.73 Å². The topological polar surface area (TPSA) is 70.2 Å². The van der Waals surface area contributed by atoms with Crippen LogP contribution in [-0.2, 0) is 6.54 Å². The molecule has 1 rings (SSSR count). The van der Waals surface area contributed by atoms with Crippen molar-refractivity contribution in [1.82, 2.24) is 4.90 Å². The molecule has 6 heteroatoms. The molecule has 0 saturated heterocycles. The zero-order valence-corrected chi connectivity index (χ0v) is 11.0. The van der Waals surface area contributed by atoms with Gasteiger partial charge in [-0.15, -0.1) is 0 Å². The summed E-state index contributed by atoms with van der Waals surface area (Å²) in [5.74, 6) is 0.725. The monoisotopic (exact) mass is 271 g/mol. The van der Waals surface area contributed by atoms with E-state index in [2.05, 4.69) is 0 Å². The predicted octanol–water partition coefficient (Wildman–Crippen LogP) is 2.91. The van der Waals surface area contributed by atoms with Gasteiger partial charge < -0.3 is 5.73 Å². The van der Waals surface area contributed by atoms with E-state index in [1.165, 1.54) is 16.7 Å². The Kier molecular flexibility index (Phi) is 5.31. The molecule has 4 nitrogen and oxygen atoms in total. The maximum absolute atomic E-state index is 11.3. The molecule has 0 heterocycles. The van der Waals surface area contributed by atoms with Crippen molar-refractivity contribution >= 4 is 34.6 Å². The van der Waals surface area contributed by atoms with E-state index >= 15 is 0 Å². The summed E-state index contributed by atoms with van der Waals surface area (Å²) in [6.45, 7) is 2.21. The summed E-state index contributed by atoms with van der Waals surface area (Å²) < 4.78 is 0. The first kappa shape index (κ1) is 13.9. The van der Waals surface area contributed by atoms with Gasteiger partial charge in [0.05, 0.1) is 6.54 Å². The number of hydrogen-bond acceptors (Lipinski definition) is 3. The summed E-state index contributed by atoms with van der Waals surface area (Å²) in [5.41, 5.74) is 6.14. The van der Waals surface area contributed by atoms with Crippen LogP contribution in [0.5, 0.6) is 0 Å². The summed E-state index contributed by atoms with van der Waals surface area (Å²) in [5, 5.41) is 8.53. The van der Waals surface area contributed by atoms with Crippen molar-refractivity contribution in [2.75, 3.05) is 5.75 Å². The Bertz CT molecular complexity index is 408. The SMILES string of the molecule is CCSC(=N)N(Cc1ccc(Cl)cc1)C(N)=O. The van der Waals surface area contributed by atoms with Gasteiger partial charge in [0, 0.05) is 5.02 Å². The maximum atomic E-state index is 11.3. The van der Waals surface area contributed by atoms with Crippen LogP contribution in [0.2, 0.25) is 5.02 Å². The van der Waals surface area contributed by atoms with Gasteiger partial charge in [0.25, 0.3) is 0 Å². The second-order valence-corrected chi connectivity index (χ2v) is 4.98. The van der Waals surface area contributed by atoms with E-state index in [1.54, 1.807) is 12.1 Å². The molecule has 1 aromatic carbocycles. The Hall–Kier alpha value is -1.20. The van der Waals surface area contributed by atoms with Crippen LogP contribution >= 0.6 is 23.4 Å². The highest BCUT2D eigenvalue weighted by atomic mass is 35.5. The molecule has 0 aliphatic rings. The highest BCUT2D eigenvalue weighted by Gasteiger charge is 2.15. The van der Waals surface area contributed by atoms with Gasteiger partial charge in [-0.1, -0.05) is 42.4 Å². The molecule has 0 aliphatic heterocycles. The van der Waals surface area contributed by atoms with Gasteiger partial charge in [0.15, 0.2) is 5.17 Å². The van der Waals surface area contributed by atoms with E-state index in [0.29, 0.717) is 11.6 Å². The van der Waals surface area contributed by atoms with Crippen LogP contribution in [0.1, 0.15) is 12.5 Å². The Balaban J connectivity index is 2.76. The average molecular weight is 272 g/mol. The van der Waals surface area contributed by atoms with Crippen LogP contribution in [0.15, 0.2) is 24.3 Å². The van der Waals surface area contributed by atoms with Gasteiger partial charge in [0.1, 0.15) is 0 Å². The number of nitrogens with one attached hydrogen (secondary N) is 1. The minimum absolute atomic E-state index is 0.162. The zero-order valence-electron chi connectivity index (χ0n) is 9.44. The third kappa shape index (κ3) is 4.28. The first-order valence-electron chi connectivity index (χ1n) is 5.07. The van der Waals surface area contributed by atoms with Crippen LogP contribution in [0.25, 0.3) is 0 Å². The van der Waals surface area contributed by atoms with E-state index in [-0.39, 0.29) is 5.17 Å². The number of amides is 2. The number of thioether (sulfide) groups is 1. The van der Waals surface area contributed by atoms with Crippen LogP contribution in [-0.4, -0.2) is 21.9 Å². The Morgan fingerprint density at radius 3 is 2.53 bits per heavy atom. The first-order valence-corrected chi connectivity index (χ1v) is 6.43. The number of nitrogens with two attached hydrogens (primary N) is 1. The molecule has 3 N–H and O–H groups in total. The number of carbonyl (C=O) groups is 1. The summed E-state index contributed by atoms with van der Waals surface area (Å²) in [7, 11) is 0. The standard InChI is InChI=1S/C11H14ClN3OS/c1-2-17-11(14)15(10(13)16)7-8-3-5-9(12)6-4-8/h3-6,14H,2,7H2,1H3,(H2,13,16). The zero-order chi connectivity index (χ0) is 12.8. The molecular weight excluding hydrogens is 258 g/mol. The molecule has 0 atom stereocenters. The van der Waals surface area contributed by atoms with Crippen molar-refractivity contribution in [3.05, 3.63) is 34.9 Å². The lowest BCUT2D eigenvalue weighted by atomic mass is 10.2. The third-order valence-corrected chi connectivity index (χ3v) is 3.08. The number of hydrogen-bond donors (Lipinski definition) is 2. The summed E-state index contributed by atoms with van der Waals surface area (Å²) >= 11 is 7.04. The maximum Gasteiger partial charge on any atom is 0.321 e. The second-order valence-electron chi connectivity index (χ2n) is 3.29. The third-order valence-electron chi connectivity index (χ3n) is 2.05. The highest BCUT2D eigenvalue weighted by Crippen LogP contribution is 2.14. The second kappa shape index (κ2) is 6.51. The van der Waals surface area contributed by atoms with Gasteiger partial charge in [-0.05, 0) is 23.4 Å². The molecule has 2 amide bonds. The molecule has 92 valence electrons. The number of urea groups is 1. The lowest BCUT2D eigenvalue weighted by Crippen LogP contribution is -2.38. The summed E-state index contributed by atoms with van der Waals surface area (Å²) in [6, 6.07) is 6.48. The molecular formula is C11H14ClN3OS.